The molecule has 0 saturated carbocycles. The van der Waals surface area contributed by atoms with E-state index in [1.54, 1.807) is 21.1 Å². The fourth-order valence-electron chi connectivity index (χ4n) is 2.64. The minimum Gasteiger partial charge on any atom is -0.497 e. The van der Waals surface area contributed by atoms with Crippen molar-refractivity contribution in [1.82, 2.24) is 10.2 Å². The number of likely N-dealkylation sites (tertiary alicyclic amines) is 1. The van der Waals surface area contributed by atoms with E-state index >= 15 is 0 Å². The first-order chi connectivity index (χ1) is 10.5. The molecule has 1 unspecified atom stereocenters. The molecule has 0 aliphatic carbocycles. The first-order valence-electron chi connectivity index (χ1n) is 7.52. The van der Waals surface area contributed by atoms with Gasteiger partial charge in [0.1, 0.15) is 11.5 Å². The number of methoxy groups -OCH3 is 2. The number of nitrogens with two attached hydrogens (primary N) is 1. The smallest absolute Gasteiger partial charge is 0.236 e. The molecule has 138 valence electrons. The zero-order chi connectivity index (χ0) is 16.1. The van der Waals surface area contributed by atoms with Gasteiger partial charge < -0.3 is 20.5 Å². The lowest BCUT2D eigenvalue weighted by Gasteiger charge is -2.18. The number of carbonyl (C=O) groups excluding carboxylic acids is 1. The lowest BCUT2D eigenvalue weighted by molar-refractivity contribution is -0.122. The van der Waals surface area contributed by atoms with Gasteiger partial charge in [0.25, 0.3) is 0 Å². The highest BCUT2D eigenvalue weighted by Crippen LogP contribution is 2.24. The van der Waals surface area contributed by atoms with Crippen molar-refractivity contribution < 1.29 is 14.3 Å². The standard InChI is InChI=1S/C16H25N3O3.2ClH/c1-11(17)16(20)18-13-4-5-19(10-13)9-12-6-14(21-2)8-15(7-12)22-3;;/h6-8,11,13H,4-5,9-10,17H2,1-3H3,(H,18,20);2*1H/t11-,13?;;/m1../s1. The van der Waals surface area contributed by atoms with E-state index in [9.17, 15) is 4.79 Å². The van der Waals surface area contributed by atoms with Gasteiger partial charge >= 0.3 is 0 Å². The van der Waals surface area contributed by atoms with E-state index in [0.29, 0.717) is 0 Å². The van der Waals surface area contributed by atoms with Gasteiger partial charge in [-0.15, -0.1) is 24.8 Å². The Hall–Kier alpha value is -1.21. The van der Waals surface area contributed by atoms with Crippen LogP contribution in [0.15, 0.2) is 18.2 Å². The Morgan fingerprint density at radius 2 is 1.88 bits per heavy atom. The van der Waals surface area contributed by atoms with Gasteiger partial charge in [-0.1, -0.05) is 0 Å². The molecule has 2 rings (SSSR count). The van der Waals surface area contributed by atoms with Crippen molar-refractivity contribution in [3.05, 3.63) is 23.8 Å². The summed E-state index contributed by atoms with van der Waals surface area (Å²) in [5.74, 6) is 1.49. The Morgan fingerprint density at radius 1 is 1.29 bits per heavy atom. The fraction of sp³-hybridized carbons (Fsp3) is 0.562. The van der Waals surface area contributed by atoms with E-state index in [4.69, 9.17) is 15.2 Å². The Bertz CT molecular complexity index is 507. The van der Waals surface area contributed by atoms with Crippen LogP contribution in [-0.2, 0) is 11.3 Å². The topological polar surface area (TPSA) is 76.8 Å². The maximum Gasteiger partial charge on any atom is 0.236 e. The number of benzene rings is 1. The molecule has 1 amide bonds. The fourth-order valence-corrected chi connectivity index (χ4v) is 2.64. The summed E-state index contributed by atoms with van der Waals surface area (Å²) in [6.45, 7) is 4.28. The van der Waals surface area contributed by atoms with Crippen molar-refractivity contribution in [3.8, 4) is 11.5 Å². The van der Waals surface area contributed by atoms with Crippen LogP contribution in [0.2, 0.25) is 0 Å². The van der Waals surface area contributed by atoms with E-state index in [-0.39, 0.29) is 36.8 Å². The van der Waals surface area contributed by atoms with Crippen molar-refractivity contribution >= 4 is 30.7 Å². The molecular weight excluding hydrogens is 353 g/mol. The van der Waals surface area contributed by atoms with Gasteiger partial charge in [0.15, 0.2) is 0 Å². The quantitative estimate of drug-likeness (QED) is 0.784. The maximum atomic E-state index is 11.6. The van der Waals surface area contributed by atoms with Crippen molar-refractivity contribution in [2.45, 2.75) is 32.0 Å². The van der Waals surface area contributed by atoms with Gasteiger partial charge in [-0.2, -0.15) is 0 Å². The average molecular weight is 380 g/mol. The molecule has 0 bridgehead atoms. The van der Waals surface area contributed by atoms with Gasteiger partial charge in [0.2, 0.25) is 5.91 Å². The summed E-state index contributed by atoms with van der Waals surface area (Å²) in [6, 6.07) is 5.59. The molecule has 1 aliphatic heterocycles. The summed E-state index contributed by atoms with van der Waals surface area (Å²) in [5, 5.41) is 2.98. The molecule has 2 atom stereocenters. The van der Waals surface area contributed by atoms with Gasteiger partial charge in [-0.3, -0.25) is 9.69 Å². The Labute approximate surface area is 155 Å². The number of nitrogens with one attached hydrogen (secondary N) is 1. The van der Waals surface area contributed by atoms with Crippen LogP contribution < -0.4 is 20.5 Å². The highest BCUT2D eigenvalue weighted by atomic mass is 35.5. The average Bonchev–Trinajstić information content (AvgIpc) is 2.93. The molecule has 1 aliphatic rings. The van der Waals surface area contributed by atoms with Crippen LogP contribution in [0, 0.1) is 0 Å². The van der Waals surface area contributed by atoms with Crippen LogP contribution in [0.4, 0.5) is 0 Å². The van der Waals surface area contributed by atoms with Crippen molar-refractivity contribution in [2.75, 3.05) is 27.3 Å². The predicted molar refractivity (Wildman–Crippen MR) is 99.5 cm³/mol. The zero-order valence-corrected chi connectivity index (χ0v) is 15.9. The summed E-state index contributed by atoms with van der Waals surface area (Å²) < 4.78 is 10.6. The second-order valence-electron chi connectivity index (χ2n) is 5.74. The molecule has 24 heavy (non-hydrogen) atoms. The van der Waals surface area contributed by atoms with Crippen LogP contribution in [0.1, 0.15) is 18.9 Å². The number of carbonyl (C=O) groups is 1. The number of rotatable bonds is 6. The molecule has 8 heteroatoms. The number of ether oxygens (including phenoxy) is 2. The lowest BCUT2D eigenvalue weighted by Crippen LogP contribution is -2.44. The summed E-state index contributed by atoms with van der Waals surface area (Å²) in [6.07, 6.45) is 0.944. The minimum atomic E-state index is -0.461. The number of nitrogens with zero attached hydrogens (tertiary/aromatic N) is 1. The Kier molecular flexibility index (Phi) is 10.1. The molecule has 1 fully saturated rings. The van der Waals surface area contributed by atoms with Gasteiger partial charge in [0, 0.05) is 31.7 Å². The number of hydrogen-bond donors (Lipinski definition) is 2. The van der Waals surface area contributed by atoms with E-state index in [2.05, 4.69) is 10.2 Å². The maximum absolute atomic E-state index is 11.6. The van der Waals surface area contributed by atoms with Crippen LogP contribution in [0.25, 0.3) is 0 Å². The number of halogens is 2. The van der Waals surface area contributed by atoms with Gasteiger partial charge in [0.05, 0.1) is 20.3 Å². The highest BCUT2D eigenvalue weighted by molar-refractivity contribution is 5.85. The highest BCUT2D eigenvalue weighted by Gasteiger charge is 2.24. The Morgan fingerprint density at radius 3 is 2.38 bits per heavy atom. The van der Waals surface area contributed by atoms with Crippen LogP contribution in [0.3, 0.4) is 0 Å². The largest absolute Gasteiger partial charge is 0.497 e. The first kappa shape index (κ1) is 22.8. The zero-order valence-electron chi connectivity index (χ0n) is 14.3. The monoisotopic (exact) mass is 379 g/mol. The number of hydrogen-bond acceptors (Lipinski definition) is 5. The van der Waals surface area contributed by atoms with E-state index < -0.39 is 6.04 Å². The van der Waals surface area contributed by atoms with Gasteiger partial charge in [-0.05, 0) is 31.0 Å². The molecule has 3 N–H and O–H groups in total. The third kappa shape index (κ3) is 6.36. The third-order valence-corrected chi connectivity index (χ3v) is 3.85. The molecule has 6 nitrogen and oxygen atoms in total. The Balaban J connectivity index is 0.00000264. The first-order valence-corrected chi connectivity index (χ1v) is 7.52. The molecule has 1 heterocycles. The molecule has 1 aromatic carbocycles. The van der Waals surface area contributed by atoms with E-state index in [1.165, 1.54) is 0 Å². The van der Waals surface area contributed by atoms with Crippen LogP contribution in [-0.4, -0.2) is 50.2 Å². The number of amides is 1. The predicted octanol–water partition coefficient (Wildman–Crippen LogP) is 1.59. The molecule has 1 aromatic rings. The van der Waals surface area contributed by atoms with Crippen LogP contribution >= 0.6 is 24.8 Å². The summed E-state index contributed by atoms with van der Waals surface area (Å²) in [4.78, 5) is 13.9. The summed E-state index contributed by atoms with van der Waals surface area (Å²) in [7, 11) is 3.29. The summed E-state index contributed by atoms with van der Waals surface area (Å²) >= 11 is 0. The summed E-state index contributed by atoms with van der Waals surface area (Å²) in [5.41, 5.74) is 6.72. The van der Waals surface area contributed by atoms with E-state index in [0.717, 1.165) is 43.1 Å². The second kappa shape index (κ2) is 10.6. The molecule has 0 aromatic heterocycles. The minimum absolute atomic E-state index is 0. The van der Waals surface area contributed by atoms with Crippen LogP contribution in [0.5, 0.6) is 11.5 Å². The van der Waals surface area contributed by atoms with E-state index in [1.807, 2.05) is 18.2 Å². The normalized spacial score (nSPS) is 18.1. The molecular formula is C16H27Cl2N3O3. The van der Waals surface area contributed by atoms with Crippen molar-refractivity contribution in [3.63, 3.8) is 0 Å². The third-order valence-electron chi connectivity index (χ3n) is 3.85. The second-order valence-corrected chi connectivity index (χ2v) is 5.74. The van der Waals surface area contributed by atoms with Crippen molar-refractivity contribution in [1.29, 1.82) is 0 Å². The lowest BCUT2D eigenvalue weighted by atomic mass is 10.2. The molecule has 1 saturated heterocycles. The molecule has 0 radical (unpaired) electrons. The van der Waals surface area contributed by atoms with Crippen molar-refractivity contribution in [2.24, 2.45) is 5.73 Å². The molecule has 0 spiro atoms. The SMILES string of the molecule is COc1cc(CN2CCC(NC(=O)[C@@H](C)N)C2)cc(OC)c1.Cl.Cl. The van der Waals surface area contributed by atoms with Gasteiger partial charge in [-0.25, -0.2) is 0 Å².